The van der Waals surface area contributed by atoms with Gasteiger partial charge < -0.3 is 14.6 Å². The summed E-state index contributed by atoms with van der Waals surface area (Å²) in [7, 11) is 0. The number of rotatable bonds is 3. The molecular formula is C28H21ClN2O5S. The zero-order valence-electron chi connectivity index (χ0n) is 19.9. The summed E-state index contributed by atoms with van der Waals surface area (Å²) >= 11 is 7.47. The van der Waals surface area contributed by atoms with Crippen molar-refractivity contribution in [3.05, 3.63) is 87.4 Å². The minimum Gasteiger partial charge on any atom is -0.507 e. The van der Waals surface area contributed by atoms with Crippen LogP contribution >= 0.6 is 22.9 Å². The second kappa shape index (κ2) is 8.90. The lowest BCUT2D eigenvalue weighted by Crippen LogP contribution is -2.29. The number of hydrogen-bond acceptors (Lipinski definition) is 7. The zero-order valence-corrected chi connectivity index (χ0v) is 21.5. The number of anilines is 1. The van der Waals surface area contributed by atoms with Gasteiger partial charge in [0.05, 0.1) is 21.8 Å². The number of aryl methyl sites for hydroxylation is 2. The Morgan fingerprint density at radius 1 is 1.03 bits per heavy atom. The summed E-state index contributed by atoms with van der Waals surface area (Å²) in [5.74, 6) is -0.833. The van der Waals surface area contributed by atoms with Gasteiger partial charge in [0.15, 0.2) is 16.6 Å². The molecule has 1 saturated heterocycles. The number of carbonyl (C=O) groups is 2. The monoisotopic (exact) mass is 532 g/mol. The number of fused-ring (bicyclic) bond motifs is 2. The van der Waals surface area contributed by atoms with E-state index < -0.39 is 17.7 Å². The van der Waals surface area contributed by atoms with Gasteiger partial charge in [0, 0.05) is 10.6 Å². The maximum Gasteiger partial charge on any atom is 0.301 e. The predicted molar refractivity (Wildman–Crippen MR) is 143 cm³/mol. The molecule has 0 aliphatic carbocycles. The second-order valence-electron chi connectivity index (χ2n) is 9.00. The van der Waals surface area contributed by atoms with E-state index in [1.54, 1.807) is 42.5 Å². The van der Waals surface area contributed by atoms with Crippen LogP contribution in [0.4, 0.5) is 5.13 Å². The highest BCUT2D eigenvalue weighted by Gasteiger charge is 2.48. The number of aliphatic hydroxyl groups is 1. The highest BCUT2D eigenvalue weighted by Crippen LogP contribution is 2.45. The van der Waals surface area contributed by atoms with E-state index in [-0.39, 0.29) is 11.3 Å². The van der Waals surface area contributed by atoms with Crippen molar-refractivity contribution in [1.29, 1.82) is 0 Å². The van der Waals surface area contributed by atoms with E-state index in [1.165, 1.54) is 16.2 Å². The predicted octanol–water partition coefficient (Wildman–Crippen LogP) is 5.96. The molecule has 6 rings (SSSR count). The van der Waals surface area contributed by atoms with Crippen molar-refractivity contribution in [2.75, 3.05) is 18.1 Å². The van der Waals surface area contributed by atoms with E-state index in [0.29, 0.717) is 46.0 Å². The number of thiazole rings is 1. The van der Waals surface area contributed by atoms with Gasteiger partial charge in [-0.2, -0.15) is 0 Å². The molecule has 37 heavy (non-hydrogen) atoms. The van der Waals surface area contributed by atoms with Crippen molar-refractivity contribution >= 4 is 55.7 Å². The molecule has 0 saturated carbocycles. The molecule has 2 aliphatic rings. The Balaban J connectivity index is 1.55. The van der Waals surface area contributed by atoms with Crippen molar-refractivity contribution in [3.8, 4) is 11.5 Å². The van der Waals surface area contributed by atoms with Crippen molar-refractivity contribution in [2.45, 2.75) is 19.9 Å². The van der Waals surface area contributed by atoms with Gasteiger partial charge in [0.25, 0.3) is 5.78 Å². The molecule has 1 fully saturated rings. The summed E-state index contributed by atoms with van der Waals surface area (Å²) in [5.41, 5.74) is 3.76. The lowest BCUT2D eigenvalue weighted by atomic mass is 9.95. The van der Waals surface area contributed by atoms with Crippen molar-refractivity contribution in [3.63, 3.8) is 0 Å². The van der Waals surface area contributed by atoms with Gasteiger partial charge in [-0.25, -0.2) is 4.98 Å². The largest absolute Gasteiger partial charge is 0.507 e. The summed E-state index contributed by atoms with van der Waals surface area (Å²) in [6.07, 6.45) is 0. The average molecular weight is 533 g/mol. The third-order valence-corrected chi connectivity index (χ3v) is 7.72. The highest BCUT2D eigenvalue weighted by molar-refractivity contribution is 7.22. The minimum absolute atomic E-state index is 0.0313. The van der Waals surface area contributed by atoms with Gasteiger partial charge in [-0.3, -0.25) is 14.5 Å². The molecule has 9 heteroatoms. The highest BCUT2D eigenvalue weighted by atomic mass is 35.5. The molecule has 186 valence electrons. The normalized spacial score (nSPS) is 18.6. The van der Waals surface area contributed by atoms with Gasteiger partial charge in [0.1, 0.15) is 19.0 Å². The first-order valence-corrected chi connectivity index (χ1v) is 12.9. The Labute approximate surface area is 221 Å². The van der Waals surface area contributed by atoms with Gasteiger partial charge in [-0.15, -0.1) is 0 Å². The molecule has 0 bridgehead atoms. The Hall–Kier alpha value is -3.88. The Morgan fingerprint density at radius 3 is 2.51 bits per heavy atom. The number of ketones is 1. The Kier molecular flexibility index (Phi) is 5.66. The summed E-state index contributed by atoms with van der Waals surface area (Å²) in [5, 5.41) is 12.3. The first-order chi connectivity index (χ1) is 17.8. The Bertz CT molecular complexity index is 1630. The molecule has 0 spiro atoms. The van der Waals surface area contributed by atoms with E-state index >= 15 is 0 Å². The van der Waals surface area contributed by atoms with Gasteiger partial charge in [-0.1, -0.05) is 41.1 Å². The van der Waals surface area contributed by atoms with Crippen LogP contribution < -0.4 is 14.4 Å². The third kappa shape index (κ3) is 3.93. The zero-order chi connectivity index (χ0) is 25.8. The van der Waals surface area contributed by atoms with E-state index in [1.807, 2.05) is 26.0 Å². The van der Waals surface area contributed by atoms with Crippen molar-refractivity contribution in [1.82, 2.24) is 4.98 Å². The molecule has 2 aliphatic heterocycles. The van der Waals surface area contributed by atoms with E-state index in [2.05, 4.69) is 0 Å². The topological polar surface area (TPSA) is 89.0 Å². The molecule has 3 heterocycles. The summed E-state index contributed by atoms with van der Waals surface area (Å²) in [4.78, 5) is 33.1. The van der Waals surface area contributed by atoms with Crippen LogP contribution in [0.3, 0.4) is 0 Å². The molecule has 1 aromatic heterocycles. The van der Waals surface area contributed by atoms with Crippen LogP contribution in [-0.4, -0.2) is 35.0 Å². The SMILES string of the molecule is Cc1cc(C)c2nc(N3C(=O)C(=O)/C(=C(/O)c4ccc5c(c4)OCCO5)C3c3ccc(Cl)cc3)sc2c1. The summed E-state index contributed by atoms with van der Waals surface area (Å²) in [6.45, 7) is 4.77. The number of hydrogen-bond donors (Lipinski definition) is 1. The second-order valence-corrected chi connectivity index (χ2v) is 10.4. The maximum absolute atomic E-state index is 13.5. The molecule has 1 atom stereocenters. The number of aromatic nitrogens is 1. The van der Waals surface area contributed by atoms with Crippen LogP contribution in [0.5, 0.6) is 11.5 Å². The maximum atomic E-state index is 13.5. The molecule has 1 unspecified atom stereocenters. The molecular weight excluding hydrogens is 512 g/mol. The smallest absolute Gasteiger partial charge is 0.301 e. The fraction of sp³-hybridized carbons (Fsp3) is 0.179. The van der Waals surface area contributed by atoms with Gasteiger partial charge in [-0.05, 0) is 66.9 Å². The quantitative estimate of drug-likeness (QED) is 0.199. The number of ether oxygens (including phenoxy) is 2. The van der Waals surface area contributed by atoms with Crippen LogP contribution in [-0.2, 0) is 9.59 Å². The van der Waals surface area contributed by atoms with Crippen LogP contribution in [0.25, 0.3) is 16.0 Å². The average Bonchev–Trinajstić information content (AvgIpc) is 3.42. The van der Waals surface area contributed by atoms with Crippen LogP contribution in [0.2, 0.25) is 5.02 Å². The lowest BCUT2D eigenvalue weighted by molar-refractivity contribution is -0.132. The lowest BCUT2D eigenvalue weighted by Gasteiger charge is -2.23. The Morgan fingerprint density at radius 2 is 1.76 bits per heavy atom. The fourth-order valence-corrected chi connectivity index (χ4v) is 6.09. The summed E-state index contributed by atoms with van der Waals surface area (Å²) < 4.78 is 12.1. The van der Waals surface area contributed by atoms with Gasteiger partial charge in [0.2, 0.25) is 0 Å². The summed E-state index contributed by atoms with van der Waals surface area (Å²) in [6, 6.07) is 14.9. The number of halogens is 1. The number of nitrogens with zero attached hydrogens (tertiary/aromatic N) is 2. The van der Waals surface area contributed by atoms with Crippen molar-refractivity contribution < 1.29 is 24.2 Å². The van der Waals surface area contributed by atoms with Crippen LogP contribution in [0.1, 0.15) is 28.3 Å². The molecule has 0 radical (unpaired) electrons. The number of aliphatic hydroxyl groups excluding tert-OH is 1. The number of Topliss-reactive ketones (excluding diaryl/α,β-unsaturated/α-hetero) is 1. The fourth-order valence-electron chi connectivity index (χ4n) is 4.80. The van der Waals surface area contributed by atoms with Crippen molar-refractivity contribution in [2.24, 2.45) is 0 Å². The standard InChI is InChI=1S/C28H21ClN2O5S/c1-14-11-15(2)23-21(12-14)37-28(30-23)31-24(16-3-6-18(29)7-4-16)22(26(33)27(31)34)25(32)17-5-8-19-20(13-17)36-10-9-35-19/h3-8,11-13,24,32H,9-10H2,1-2H3/b25-22+. The molecule has 1 amide bonds. The van der Waals surface area contributed by atoms with E-state index in [4.69, 9.17) is 26.1 Å². The molecule has 1 N–H and O–H groups in total. The molecule has 4 aromatic rings. The minimum atomic E-state index is -0.896. The third-order valence-electron chi connectivity index (χ3n) is 6.47. The first kappa shape index (κ1) is 23.5. The number of amides is 1. The molecule has 7 nitrogen and oxygen atoms in total. The van der Waals surface area contributed by atoms with E-state index in [0.717, 1.165) is 21.3 Å². The number of benzene rings is 3. The van der Waals surface area contributed by atoms with Crippen LogP contribution in [0.15, 0.2) is 60.2 Å². The number of carbonyl (C=O) groups excluding carboxylic acids is 2. The molecule has 3 aromatic carbocycles. The van der Waals surface area contributed by atoms with E-state index in [9.17, 15) is 14.7 Å². The first-order valence-electron chi connectivity index (χ1n) is 11.7. The van der Waals surface area contributed by atoms with Crippen LogP contribution in [0, 0.1) is 13.8 Å². The van der Waals surface area contributed by atoms with Gasteiger partial charge >= 0.3 is 5.91 Å².